The zero-order valence-corrected chi connectivity index (χ0v) is 19.2. The quantitative estimate of drug-likeness (QED) is 0.659. The van der Waals surface area contributed by atoms with Gasteiger partial charge >= 0.3 is 5.97 Å². The Bertz CT molecular complexity index is 766. The predicted molar refractivity (Wildman–Crippen MR) is 124 cm³/mol. The highest BCUT2D eigenvalue weighted by molar-refractivity contribution is 5.85. The van der Waals surface area contributed by atoms with Crippen molar-refractivity contribution in [3.05, 3.63) is 71.8 Å². The molecule has 1 aliphatic rings. The van der Waals surface area contributed by atoms with Crippen molar-refractivity contribution < 1.29 is 14.6 Å². The molecule has 2 aromatic rings. The number of ether oxygens (including phenoxy) is 1. The summed E-state index contributed by atoms with van der Waals surface area (Å²) in [5.41, 5.74) is -0.795. The zero-order valence-electron chi connectivity index (χ0n) is 19.2. The Morgan fingerprint density at radius 3 is 1.68 bits per heavy atom. The Balaban J connectivity index is 1.96. The van der Waals surface area contributed by atoms with E-state index < -0.39 is 11.6 Å². The molecule has 1 aliphatic carbocycles. The van der Waals surface area contributed by atoms with Crippen LogP contribution in [0.25, 0.3) is 0 Å². The second kappa shape index (κ2) is 10.4. The van der Waals surface area contributed by atoms with Crippen molar-refractivity contribution in [2.24, 2.45) is 11.8 Å². The molecule has 0 spiro atoms. The molecule has 5 nitrogen and oxygen atoms in total. The summed E-state index contributed by atoms with van der Waals surface area (Å²) in [7, 11) is 8.22. The largest absolute Gasteiger partial charge is 0.459 e. The number of esters is 1. The van der Waals surface area contributed by atoms with Gasteiger partial charge < -0.3 is 19.6 Å². The molecule has 1 saturated carbocycles. The third-order valence-electron chi connectivity index (χ3n) is 6.20. The van der Waals surface area contributed by atoms with Crippen LogP contribution in [0, 0.1) is 11.8 Å². The fourth-order valence-corrected chi connectivity index (χ4v) is 4.85. The smallest absolute Gasteiger partial charge is 0.347 e. The predicted octanol–water partition coefficient (Wildman–Crippen LogP) is 3.37. The van der Waals surface area contributed by atoms with Gasteiger partial charge in [0.15, 0.2) is 0 Å². The topological polar surface area (TPSA) is 53.0 Å². The summed E-state index contributed by atoms with van der Waals surface area (Å²) in [5, 5.41) is 11.8. The lowest BCUT2D eigenvalue weighted by Crippen LogP contribution is -2.49. The number of carbonyl (C=O) groups is 1. The number of hydrogen-bond acceptors (Lipinski definition) is 5. The average Bonchev–Trinajstić information content (AvgIpc) is 2.75. The van der Waals surface area contributed by atoms with Crippen LogP contribution in [0.1, 0.15) is 30.4 Å². The molecule has 1 unspecified atom stereocenters. The van der Waals surface area contributed by atoms with Gasteiger partial charge in [-0.3, -0.25) is 0 Å². The molecule has 0 saturated heterocycles. The summed E-state index contributed by atoms with van der Waals surface area (Å²) in [6.07, 6.45) is 2.95. The summed E-state index contributed by atoms with van der Waals surface area (Å²) in [4.78, 5) is 18.0. The molecule has 3 atom stereocenters. The third-order valence-corrected chi connectivity index (χ3v) is 6.20. The van der Waals surface area contributed by atoms with E-state index in [0.29, 0.717) is 11.1 Å². The minimum absolute atomic E-state index is 0.231. The first-order chi connectivity index (χ1) is 14.8. The van der Waals surface area contributed by atoms with Gasteiger partial charge in [-0.05, 0) is 52.2 Å². The summed E-state index contributed by atoms with van der Waals surface area (Å²) in [6.45, 7) is 1.72. The number of nitrogens with zero attached hydrogens (tertiary/aromatic N) is 2. The summed E-state index contributed by atoms with van der Waals surface area (Å²) in [6, 6.07) is 18.2. The molecule has 0 radical (unpaired) electrons. The molecule has 0 heterocycles. The summed E-state index contributed by atoms with van der Waals surface area (Å²) < 4.78 is 6.25. The van der Waals surface area contributed by atoms with Crippen molar-refractivity contribution in [3.63, 3.8) is 0 Å². The standard InChI is InChI=1S/C26H36N2O3/c1-27(2)18-20-12-11-13-21(19-28(3)4)24(20)31-25(29)26(30,22-14-7-5-8-15-22)23-16-9-6-10-17-23/h5-10,14-17,20-21,24,30H,11-13,18-19H2,1-4H3/t20-,21+,24?. The second-order valence-corrected chi connectivity index (χ2v) is 9.29. The van der Waals surface area contributed by atoms with Crippen LogP contribution in [0.5, 0.6) is 0 Å². The first-order valence-corrected chi connectivity index (χ1v) is 11.2. The SMILES string of the molecule is CN(C)C[C@H]1CCC[C@@H](CN(C)C)C1OC(=O)C(O)(c1ccccc1)c1ccccc1. The van der Waals surface area contributed by atoms with Gasteiger partial charge in [-0.1, -0.05) is 67.1 Å². The average molecular weight is 425 g/mol. The van der Waals surface area contributed by atoms with E-state index in [4.69, 9.17) is 4.74 Å². The highest BCUT2D eigenvalue weighted by atomic mass is 16.6. The molecule has 0 amide bonds. The van der Waals surface area contributed by atoms with Crippen LogP contribution < -0.4 is 0 Å². The lowest BCUT2D eigenvalue weighted by atomic mass is 9.77. The van der Waals surface area contributed by atoms with Gasteiger partial charge in [0.1, 0.15) is 6.10 Å². The van der Waals surface area contributed by atoms with Crippen LogP contribution in [0.2, 0.25) is 0 Å². The number of rotatable bonds is 8. The van der Waals surface area contributed by atoms with Crippen LogP contribution in [0.4, 0.5) is 0 Å². The van der Waals surface area contributed by atoms with Gasteiger partial charge in [-0.25, -0.2) is 4.79 Å². The molecule has 0 bridgehead atoms. The number of carbonyl (C=O) groups excluding carboxylic acids is 1. The van der Waals surface area contributed by atoms with E-state index in [0.717, 1.165) is 32.4 Å². The minimum atomic E-state index is -1.84. The Hall–Kier alpha value is -2.21. The van der Waals surface area contributed by atoms with Crippen molar-refractivity contribution in [2.45, 2.75) is 31.0 Å². The van der Waals surface area contributed by atoms with Crippen LogP contribution in [-0.2, 0) is 15.1 Å². The normalized spacial score (nSPS) is 22.0. The minimum Gasteiger partial charge on any atom is -0.459 e. The highest BCUT2D eigenvalue weighted by Crippen LogP contribution is 2.37. The van der Waals surface area contributed by atoms with Crippen molar-refractivity contribution in [1.29, 1.82) is 0 Å². The zero-order chi connectivity index (χ0) is 22.4. The lowest BCUT2D eigenvalue weighted by molar-refractivity contribution is -0.177. The second-order valence-electron chi connectivity index (χ2n) is 9.29. The Morgan fingerprint density at radius 2 is 1.29 bits per heavy atom. The third kappa shape index (κ3) is 5.53. The number of aliphatic hydroxyl groups is 1. The first kappa shape index (κ1) is 23.5. The molecular weight excluding hydrogens is 388 g/mol. The molecular formula is C26H36N2O3. The Kier molecular flexibility index (Phi) is 7.87. The highest BCUT2D eigenvalue weighted by Gasteiger charge is 2.45. The lowest BCUT2D eigenvalue weighted by Gasteiger charge is -2.41. The molecule has 5 heteroatoms. The van der Waals surface area contributed by atoms with Crippen molar-refractivity contribution in [3.8, 4) is 0 Å². The van der Waals surface area contributed by atoms with Gasteiger partial charge in [0.25, 0.3) is 0 Å². The van der Waals surface area contributed by atoms with Gasteiger partial charge in [0.2, 0.25) is 5.60 Å². The monoisotopic (exact) mass is 424 g/mol. The number of benzene rings is 2. The van der Waals surface area contributed by atoms with E-state index >= 15 is 0 Å². The Labute approximate surface area is 186 Å². The van der Waals surface area contributed by atoms with Crippen molar-refractivity contribution in [1.82, 2.24) is 9.80 Å². The molecule has 31 heavy (non-hydrogen) atoms. The molecule has 1 N–H and O–H groups in total. The molecule has 2 aromatic carbocycles. The maximum absolute atomic E-state index is 13.7. The van der Waals surface area contributed by atoms with Crippen LogP contribution in [0.15, 0.2) is 60.7 Å². The van der Waals surface area contributed by atoms with Gasteiger partial charge in [-0.2, -0.15) is 0 Å². The fourth-order valence-electron chi connectivity index (χ4n) is 4.85. The van der Waals surface area contributed by atoms with E-state index in [1.54, 1.807) is 24.3 Å². The van der Waals surface area contributed by atoms with Crippen LogP contribution >= 0.6 is 0 Å². The van der Waals surface area contributed by atoms with E-state index in [-0.39, 0.29) is 17.9 Å². The molecule has 0 aromatic heterocycles. The van der Waals surface area contributed by atoms with Gasteiger partial charge in [-0.15, -0.1) is 0 Å². The van der Waals surface area contributed by atoms with Crippen molar-refractivity contribution in [2.75, 3.05) is 41.3 Å². The Morgan fingerprint density at radius 1 is 0.871 bits per heavy atom. The maximum atomic E-state index is 13.7. The van der Waals surface area contributed by atoms with Crippen LogP contribution in [-0.4, -0.2) is 68.3 Å². The van der Waals surface area contributed by atoms with Gasteiger partial charge in [0, 0.05) is 24.9 Å². The molecule has 168 valence electrons. The number of hydrogen-bond donors (Lipinski definition) is 1. The van der Waals surface area contributed by atoms with Crippen LogP contribution in [0.3, 0.4) is 0 Å². The maximum Gasteiger partial charge on any atom is 0.347 e. The van der Waals surface area contributed by atoms with E-state index in [2.05, 4.69) is 38.0 Å². The van der Waals surface area contributed by atoms with Gasteiger partial charge in [0.05, 0.1) is 0 Å². The van der Waals surface area contributed by atoms with E-state index in [1.165, 1.54) is 0 Å². The molecule has 0 aliphatic heterocycles. The van der Waals surface area contributed by atoms with E-state index in [1.807, 2.05) is 36.4 Å². The van der Waals surface area contributed by atoms with Crippen molar-refractivity contribution >= 4 is 5.97 Å². The van der Waals surface area contributed by atoms with E-state index in [9.17, 15) is 9.90 Å². The summed E-state index contributed by atoms with van der Waals surface area (Å²) >= 11 is 0. The fraction of sp³-hybridized carbons (Fsp3) is 0.500. The summed E-state index contributed by atoms with van der Waals surface area (Å²) in [5.74, 6) is -0.105. The molecule has 1 fully saturated rings. The molecule has 3 rings (SSSR count). The first-order valence-electron chi connectivity index (χ1n) is 11.2.